The first-order chi connectivity index (χ1) is 10.7. The van der Waals surface area contributed by atoms with Crippen LogP contribution < -0.4 is 15.4 Å². The summed E-state index contributed by atoms with van der Waals surface area (Å²) < 4.78 is 5.39. The summed E-state index contributed by atoms with van der Waals surface area (Å²) in [5.41, 5.74) is 3.01. The summed E-state index contributed by atoms with van der Waals surface area (Å²) in [6, 6.07) is 15.3. The van der Waals surface area contributed by atoms with Gasteiger partial charge in [0, 0.05) is 12.2 Å². The molecule has 0 heterocycles. The monoisotopic (exact) mass is 298 g/mol. The van der Waals surface area contributed by atoms with E-state index in [2.05, 4.69) is 17.6 Å². The second-order valence-corrected chi connectivity index (χ2v) is 4.90. The van der Waals surface area contributed by atoms with Gasteiger partial charge in [0.25, 0.3) is 0 Å². The van der Waals surface area contributed by atoms with Crippen molar-refractivity contribution in [2.45, 2.75) is 26.8 Å². The summed E-state index contributed by atoms with van der Waals surface area (Å²) in [6.07, 6.45) is 0.884. The molecule has 2 aromatic rings. The highest BCUT2D eigenvalue weighted by molar-refractivity contribution is 5.90. The summed E-state index contributed by atoms with van der Waals surface area (Å²) in [5.74, 6) is 0.840. The minimum absolute atomic E-state index is 0.199. The van der Waals surface area contributed by atoms with Crippen LogP contribution >= 0.6 is 0 Å². The first-order valence-corrected chi connectivity index (χ1v) is 7.57. The highest BCUT2D eigenvalue weighted by Gasteiger charge is 2.05. The maximum atomic E-state index is 12.0. The number of carbonyl (C=O) groups excluding carboxylic acids is 1. The third kappa shape index (κ3) is 4.52. The van der Waals surface area contributed by atoms with Gasteiger partial charge in [-0.25, -0.2) is 4.79 Å². The van der Waals surface area contributed by atoms with Gasteiger partial charge in [0.15, 0.2) is 0 Å². The SMILES string of the molecule is CCOc1ccc(CNC(=O)Nc2ccccc2CC)cc1. The molecular weight excluding hydrogens is 276 g/mol. The number of rotatable bonds is 6. The molecule has 2 aromatic carbocycles. The lowest BCUT2D eigenvalue weighted by Crippen LogP contribution is -2.28. The van der Waals surface area contributed by atoms with Crippen molar-refractivity contribution in [3.8, 4) is 5.75 Å². The van der Waals surface area contributed by atoms with Crippen molar-refractivity contribution < 1.29 is 9.53 Å². The van der Waals surface area contributed by atoms with Gasteiger partial charge in [0.1, 0.15) is 5.75 Å². The fraction of sp³-hybridized carbons (Fsp3) is 0.278. The van der Waals surface area contributed by atoms with E-state index in [0.29, 0.717) is 13.2 Å². The molecule has 0 unspecified atom stereocenters. The van der Waals surface area contributed by atoms with E-state index in [-0.39, 0.29) is 6.03 Å². The average molecular weight is 298 g/mol. The van der Waals surface area contributed by atoms with Crippen LogP contribution in [0.5, 0.6) is 5.75 Å². The van der Waals surface area contributed by atoms with E-state index in [9.17, 15) is 4.79 Å². The Balaban J connectivity index is 1.87. The number of carbonyl (C=O) groups is 1. The van der Waals surface area contributed by atoms with Crippen LogP contribution in [0.15, 0.2) is 48.5 Å². The summed E-state index contributed by atoms with van der Waals surface area (Å²) >= 11 is 0. The van der Waals surface area contributed by atoms with E-state index in [4.69, 9.17) is 4.74 Å². The molecule has 2 amide bonds. The zero-order valence-corrected chi connectivity index (χ0v) is 13.1. The Bertz CT molecular complexity index is 609. The van der Waals surface area contributed by atoms with E-state index in [1.807, 2.05) is 55.5 Å². The third-order valence-corrected chi connectivity index (χ3v) is 3.33. The van der Waals surface area contributed by atoms with E-state index in [1.54, 1.807) is 0 Å². The molecule has 0 spiro atoms. The second-order valence-electron chi connectivity index (χ2n) is 4.90. The van der Waals surface area contributed by atoms with Crippen LogP contribution in [-0.4, -0.2) is 12.6 Å². The number of ether oxygens (including phenoxy) is 1. The normalized spacial score (nSPS) is 10.1. The molecule has 0 fully saturated rings. The van der Waals surface area contributed by atoms with Crippen molar-refractivity contribution in [2.24, 2.45) is 0 Å². The summed E-state index contributed by atoms with van der Waals surface area (Å²) in [4.78, 5) is 12.0. The van der Waals surface area contributed by atoms with Crippen molar-refractivity contribution in [1.29, 1.82) is 0 Å². The molecule has 0 saturated carbocycles. The Morgan fingerprint density at radius 2 is 1.77 bits per heavy atom. The zero-order chi connectivity index (χ0) is 15.8. The predicted octanol–water partition coefficient (Wildman–Crippen LogP) is 3.97. The standard InChI is InChI=1S/C18H22N2O2/c1-3-15-7-5-6-8-17(15)20-18(21)19-13-14-9-11-16(12-10-14)22-4-2/h5-12H,3-4,13H2,1-2H3,(H2,19,20,21). The Hall–Kier alpha value is -2.49. The van der Waals surface area contributed by atoms with Gasteiger partial charge >= 0.3 is 6.03 Å². The van der Waals surface area contributed by atoms with Gasteiger partial charge in [-0.2, -0.15) is 0 Å². The fourth-order valence-corrected chi connectivity index (χ4v) is 2.17. The van der Waals surface area contributed by atoms with Crippen molar-refractivity contribution >= 4 is 11.7 Å². The largest absolute Gasteiger partial charge is 0.494 e. The lowest BCUT2D eigenvalue weighted by molar-refractivity contribution is 0.251. The van der Waals surface area contributed by atoms with E-state index < -0.39 is 0 Å². The molecule has 22 heavy (non-hydrogen) atoms. The van der Waals surface area contributed by atoms with Crippen molar-refractivity contribution in [1.82, 2.24) is 5.32 Å². The van der Waals surface area contributed by atoms with Crippen molar-refractivity contribution in [3.63, 3.8) is 0 Å². The maximum absolute atomic E-state index is 12.0. The lowest BCUT2D eigenvalue weighted by atomic mass is 10.1. The molecule has 0 aliphatic rings. The van der Waals surface area contributed by atoms with Gasteiger partial charge in [-0.3, -0.25) is 0 Å². The summed E-state index contributed by atoms with van der Waals surface area (Å²) in [6.45, 7) is 5.15. The minimum atomic E-state index is -0.199. The molecule has 0 radical (unpaired) electrons. The van der Waals surface area contributed by atoms with Gasteiger partial charge < -0.3 is 15.4 Å². The predicted molar refractivity (Wildman–Crippen MR) is 89.3 cm³/mol. The zero-order valence-electron chi connectivity index (χ0n) is 13.1. The van der Waals surface area contributed by atoms with E-state index in [1.165, 1.54) is 0 Å². The number of benzene rings is 2. The van der Waals surface area contributed by atoms with Crippen LogP contribution in [-0.2, 0) is 13.0 Å². The Morgan fingerprint density at radius 1 is 1.05 bits per heavy atom. The molecule has 4 heteroatoms. The van der Waals surface area contributed by atoms with Crippen LogP contribution in [0.2, 0.25) is 0 Å². The number of anilines is 1. The quantitative estimate of drug-likeness (QED) is 0.848. The summed E-state index contributed by atoms with van der Waals surface area (Å²) in [7, 11) is 0. The number of nitrogens with one attached hydrogen (secondary N) is 2. The third-order valence-electron chi connectivity index (χ3n) is 3.33. The average Bonchev–Trinajstić information content (AvgIpc) is 2.55. The summed E-state index contributed by atoms with van der Waals surface area (Å²) in [5, 5.41) is 5.75. The molecular formula is C18H22N2O2. The van der Waals surface area contributed by atoms with Crippen LogP contribution in [0.4, 0.5) is 10.5 Å². The molecule has 0 aliphatic heterocycles. The topological polar surface area (TPSA) is 50.4 Å². The van der Waals surface area contributed by atoms with Crippen LogP contribution in [0.1, 0.15) is 25.0 Å². The molecule has 0 aliphatic carbocycles. The lowest BCUT2D eigenvalue weighted by Gasteiger charge is -2.11. The first kappa shape index (κ1) is 15.9. The van der Waals surface area contributed by atoms with Crippen LogP contribution in [0.25, 0.3) is 0 Å². The molecule has 0 atom stereocenters. The molecule has 0 aromatic heterocycles. The van der Waals surface area contributed by atoms with Gasteiger partial charge in [-0.15, -0.1) is 0 Å². The number of para-hydroxylation sites is 1. The number of aryl methyl sites for hydroxylation is 1. The Morgan fingerprint density at radius 3 is 2.45 bits per heavy atom. The highest BCUT2D eigenvalue weighted by atomic mass is 16.5. The van der Waals surface area contributed by atoms with Gasteiger partial charge in [-0.05, 0) is 42.7 Å². The number of amides is 2. The molecule has 2 N–H and O–H groups in total. The molecule has 116 valence electrons. The first-order valence-electron chi connectivity index (χ1n) is 7.57. The number of urea groups is 1. The van der Waals surface area contributed by atoms with E-state index >= 15 is 0 Å². The van der Waals surface area contributed by atoms with Gasteiger partial charge in [0.05, 0.1) is 6.61 Å². The molecule has 4 nitrogen and oxygen atoms in total. The number of hydrogen-bond acceptors (Lipinski definition) is 2. The van der Waals surface area contributed by atoms with Crippen molar-refractivity contribution in [3.05, 3.63) is 59.7 Å². The van der Waals surface area contributed by atoms with E-state index in [0.717, 1.165) is 29.0 Å². The Labute approximate surface area is 131 Å². The molecule has 0 saturated heterocycles. The number of hydrogen-bond donors (Lipinski definition) is 2. The fourth-order valence-electron chi connectivity index (χ4n) is 2.17. The van der Waals surface area contributed by atoms with Gasteiger partial charge in [0.2, 0.25) is 0 Å². The van der Waals surface area contributed by atoms with Crippen LogP contribution in [0, 0.1) is 0 Å². The highest BCUT2D eigenvalue weighted by Crippen LogP contribution is 2.15. The second kappa shape index (κ2) is 8.08. The van der Waals surface area contributed by atoms with Crippen molar-refractivity contribution in [2.75, 3.05) is 11.9 Å². The van der Waals surface area contributed by atoms with Crippen LogP contribution in [0.3, 0.4) is 0 Å². The smallest absolute Gasteiger partial charge is 0.319 e. The molecule has 2 rings (SSSR count). The van der Waals surface area contributed by atoms with Gasteiger partial charge in [-0.1, -0.05) is 37.3 Å². The Kier molecular flexibility index (Phi) is 5.83. The maximum Gasteiger partial charge on any atom is 0.319 e. The minimum Gasteiger partial charge on any atom is -0.494 e. The molecule has 0 bridgehead atoms.